The molecule has 0 amide bonds. The molecule has 0 spiro atoms. The predicted molar refractivity (Wildman–Crippen MR) is 82.3 cm³/mol. The van der Waals surface area contributed by atoms with Crippen LogP contribution in [0.4, 0.5) is 0 Å². The van der Waals surface area contributed by atoms with E-state index in [9.17, 15) is 9.59 Å². The van der Waals surface area contributed by atoms with Crippen molar-refractivity contribution in [3.63, 3.8) is 0 Å². The first-order valence-electron chi connectivity index (χ1n) is 7.18. The fourth-order valence-corrected chi connectivity index (χ4v) is 1.26. The first kappa shape index (κ1) is 24.6. The summed E-state index contributed by atoms with van der Waals surface area (Å²) in [7, 11) is 0. The molecular formula is C15H30O6. The van der Waals surface area contributed by atoms with Crippen LogP contribution in [0.1, 0.15) is 58.3 Å². The van der Waals surface area contributed by atoms with E-state index in [1.165, 1.54) is 0 Å². The van der Waals surface area contributed by atoms with Gasteiger partial charge in [-0.1, -0.05) is 31.8 Å². The molecule has 6 nitrogen and oxygen atoms in total. The van der Waals surface area contributed by atoms with Gasteiger partial charge in [-0.15, -0.1) is 6.58 Å². The minimum absolute atomic E-state index is 0.125. The molecule has 21 heavy (non-hydrogen) atoms. The Kier molecular flexibility index (Phi) is 27.7. The average Bonchev–Trinajstić information content (AvgIpc) is 2.42. The van der Waals surface area contributed by atoms with E-state index in [-0.39, 0.29) is 26.1 Å². The Labute approximate surface area is 127 Å². The van der Waals surface area contributed by atoms with Crippen molar-refractivity contribution in [2.24, 2.45) is 0 Å². The van der Waals surface area contributed by atoms with Crippen LogP contribution in [0.5, 0.6) is 0 Å². The molecule has 0 atom stereocenters. The molecule has 0 saturated carbocycles. The average molecular weight is 306 g/mol. The molecule has 0 radical (unpaired) electrons. The van der Waals surface area contributed by atoms with Crippen molar-refractivity contribution in [2.45, 2.75) is 58.3 Å². The van der Waals surface area contributed by atoms with Crippen LogP contribution in [0.15, 0.2) is 12.7 Å². The highest BCUT2D eigenvalue weighted by atomic mass is 16.4. The molecule has 0 fully saturated rings. The Morgan fingerprint density at radius 1 is 0.810 bits per heavy atom. The first-order valence-corrected chi connectivity index (χ1v) is 7.18. The third kappa shape index (κ3) is 45.6. The van der Waals surface area contributed by atoms with E-state index in [4.69, 9.17) is 20.4 Å². The van der Waals surface area contributed by atoms with Crippen LogP contribution in [0.3, 0.4) is 0 Å². The number of hydrogen-bond acceptors (Lipinski definition) is 4. The van der Waals surface area contributed by atoms with Gasteiger partial charge in [0.2, 0.25) is 0 Å². The zero-order valence-corrected chi connectivity index (χ0v) is 13.0. The molecule has 0 unspecified atom stereocenters. The highest BCUT2D eigenvalue weighted by Crippen LogP contribution is 2.08. The minimum atomic E-state index is -0.740. The molecule has 0 rings (SSSR count). The number of unbranched alkanes of at least 4 members (excludes halogenated alkanes) is 5. The molecule has 0 heterocycles. The Morgan fingerprint density at radius 3 is 1.24 bits per heavy atom. The summed E-state index contributed by atoms with van der Waals surface area (Å²) < 4.78 is 0. The second-order valence-electron chi connectivity index (χ2n) is 4.26. The summed E-state index contributed by atoms with van der Waals surface area (Å²) in [5.74, 6) is -1.48. The van der Waals surface area contributed by atoms with Gasteiger partial charge in [0.05, 0.1) is 13.2 Å². The quantitative estimate of drug-likeness (QED) is 0.364. The van der Waals surface area contributed by atoms with Crippen molar-refractivity contribution < 1.29 is 30.0 Å². The Balaban J connectivity index is -0.000000386. The van der Waals surface area contributed by atoms with Crippen LogP contribution in [0.25, 0.3) is 0 Å². The van der Waals surface area contributed by atoms with Crippen LogP contribution < -0.4 is 0 Å². The lowest BCUT2D eigenvalue weighted by molar-refractivity contribution is -0.138. The Bertz CT molecular complexity index is 218. The van der Waals surface area contributed by atoms with Crippen LogP contribution in [-0.4, -0.2) is 45.6 Å². The maximum Gasteiger partial charge on any atom is 0.303 e. The summed E-state index contributed by atoms with van der Waals surface area (Å²) in [6.07, 6.45) is 7.57. The van der Waals surface area contributed by atoms with E-state index in [1.54, 1.807) is 6.08 Å². The van der Waals surface area contributed by atoms with Gasteiger partial charge in [0, 0.05) is 12.8 Å². The van der Waals surface area contributed by atoms with E-state index in [1.807, 2.05) is 6.92 Å². The minimum Gasteiger partial charge on any atom is -0.481 e. The predicted octanol–water partition coefficient (Wildman–Crippen LogP) is 2.44. The van der Waals surface area contributed by atoms with Gasteiger partial charge in [-0.25, -0.2) is 0 Å². The van der Waals surface area contributed by atoms with Crippen molar-refractivity contribution >= 4 is 11.9 Å². The molecule has 0 bridgehead atoms. The topological polar surface area (TPSA) is 115 Å². The number of carboxylic acids is 2. The van der Waals surface area contributed by atoms with Crippen molar-refractivity contribution in [1.82, 2.24) is 0 Å². The Hall–Kier alpha value is -1.40. The molecule has 0 aliphatic heterocycles. The van der Waals surface area contributed by atoms with Gasteiger partial charge in [-0.3, -0.25) is 9.59 Å². The molecule has 4 N–H and O–H groups in total. The third-order valence-corrected chi connectivity index (χ3v) is 2.13. The zero-order chi connectivity index (χ0) is 16.9. The zero-order valence-electron chi connectivity index (χ0n) is 13.0. The standard InChI is InChI=1S/C10H18O4.C3H6.C2H6O2/c11-9(12)7-5-3-1-2-4-6-8-10(13)14;1-3-2;3-1-2-4/h1-8H2,(H,11,12)(H,13,14);3H,1H2,2H3;3-4H,1-2H2. The summed E-state index contributed by atoms with van der Waals surface area (Å²) in [6.45, 7) is 5.00. The summed E-state index contributed by atoms with van der Waals surface area (Å²) in [5, 5.41) is 32.0. The normalized spacial score (nSPS) is 8.71. The number of aliphatic hydroxyl groups is 2. The smallest absolute Gasteiger partial charge is 0.303 e. The fraction of sp³-hybridized carbons (Fsp3) is 0.733. The maximum absolute atomic E-state index is 10.1. The number of allylic oxidation sites excluding steroid dienone is 1. The summed E-state index contributed by atoms with van der Waals surface area (Å²) in [4.78, 5) is 20.3. The molecule has 6 heteroatoms. The second kappa shape index (κ2) is 23.7. The monoisotopic (exact) mass is 306 g/mol. The highest BCUT2D eigenvalue weighted by molar-refractivity contribution is 5.66. The van der Waals surface area contributed by atoms with Gasteiger partial charge in [-0.2, -0.15) is 0 Å². The van der Waals surface area contributed by atoms with Crippen molar-refractivity contribution in [3.05, 3.63) is 12.7 Å². The molecular weight excluding hydrogens is 276 g/mol. The third-order valence-electron chi connectivity index (χ3n) is 2.13. The second-order valence-corrected chi connectivity index (χ2v) is 4.26. The molecule has 0 aromatic carbocycles. The maximum atomic E-state index is 10.1. The number of aliphatic hydroxyl groups excluding tert-OH is 2. The van der Waals surface area contributed by atoms with E-state index >= 15 is 0 Å². The van der Waals surface area contributed by atoms with Gasteiger partial charge in [0.15, 0.2) is 0 Å². The highest BCUT2D eigenvalue weighted by Gasteiger charge is 1.98. The van der Waals surface area contributed by atoms with E-state index in [0.717, 1.165) is 38.5 Å². The first-order chi connectivity index (χ1) is 9.95. The van der Waals surface area contributed by atoms with E-state index in [0.29, 0.717) is 0 Å². The lowest BCUT2D eigenvalue weighted by atomic mass is 10.1. The van der Waals surface area contributed by atoms with E-state index < -0.39 is 11.9 Å². The lowest BCUT2D eigenvalue weighted by Gasteiger charge is -1.98. The SMILES string of the molecule is C=CC.O=C(O)CCCCCCCCC(=O)O.OCCO. The van der Waals surface area contributed by atoms with E-state index in [2.05, 4.69) is 6.58 Å². The van der Waals surface area contributed by atoms with Gasteiger partial charge in [0.25, 0.3) is 0 Å². The molecule has 0 aliphatic carbocycles. The largest absolute Gasteiger partial charge is 0.481 e. The summed E-state index contributed by atoms with van der Waals surface area (Å²) in [6, 6.07) is 0. The fourth-order valence-electron chi connectivity index (χ4n) is 1.26. The summed E-state index contributed by atoms with van der Waals surface area (Å²) in [5.41, 5.74) is 0. The van der Waals surface area contributed by atoms with Crippen LogP contribution in [0, 0.1) is 0 Å². The lowest BCUT2D eigenvalue weighted by Crippen LogP contribution is -1.94. The number of carbonyl (C=O) groups is 2. The molecule has 126 valence electrons. The van der Waals surface area contributed by atoms with Crippen molar-refractivity contribution in [2.75, 3.05) is 13.2 Å². The number of carboxylic acid groups (broad SMARTS) is 2. The summed E-state index contributed by atoms with van der Waals surface area (Å²) >= 11 is 0. The van der Waals surface area contributed by atoms with Gasteiger partial charge in [0.1, 0.15) is 0 Å². The van der Waals surface area contributed by atoms with Crippen molar-refractivity contribution in [1.29, 1.82) is 0 Å². The van der Waals surface area contributed by atoms with Crippen LogP contribution >= 0.6 is 0 Å². The number of hydrogen-bond donors (Lipinski definition) is 4. The van der Waals surface area contributed by atoms with Gasteiger partial charge >= 0.3 is 11.9 Å². The molecule has 0 aromatic rings. The number of aliphatic carboxylic acids is 2. The van der Waals surface area contributed by atoms with Crippen LogP contribution in [0.2, 0.25) is 0 Å². The van der Waals surface area contributed by atoms with Gasteiger partial charge in [-0.05, 0) is 19.8 Å². The van der Waals surface area contributed by atoms with Crippen LogP contribution in [-0.2, 0) is 9.59 Å². The molecule has 0 aromatic heterocycles. The van der Waals surface area contributed by atoms with Crippen molar-refractivity contribution in [3.8, 4) is 0 Å². The van der Waals surface area contributed by atoms with Gasteiger partial charge < -0.3 is 20.4 Å². The molecule has 0 aliphatic rings. The molecule has 0 saturated heterocycles. The Morgan fingerprint density at radius 2 is 1.05 bits per heavy atom. The number of rotatable bonds is 10.